The Morgan fingerprint density at radius 2 is 1.54 bits per heavy atom. The van der Waals surface area contributed by atoms with Crippen molar-refractivity contribution in [2.75, 3.05) is 39.8 Å². The monoisotopic (exact) mass is 512 g/mol. The molecule has 2 aromatic rings. The van der Waals surface area contributed by atoms with Gasteiger partial charge in [-0.25, -0.2) is 0 Å². The summed E-state index contributed by atoms with van der Waals surface area (Å²) >= 11 is 0. The number of hydrogen-bond acceptors (Lipinski definition) is 6. The molecule has 37 heavy (non-hydrogen) atoms. The first-order valence-electron chi connectivity index (χ1n) is 13.1. The number of amides is 1. The summed E-state index contributed by atoms with van der Waals surface area (Å²) in [4.78, 5) is 15.4. The minimum atomic E-state index is -0.0207. The summed E-state index contributed by atoms with van der Waals surface area (Å²) < 4.78 is 22.1. The summed E-state index contributed by atoms with van der Waals surface area (Å²) in [7, 11) is 4.76. The first-order chi connectivity index (χ1) is 17.8. The number of rotatable bonds is 15. The molecule has 0 aliphatic heterocycles. The van der Waals surface area contributed by atoms with E-state index in [-0.39, 0.29) is 5.91 Å². The Morgan fingerprint density at radius 3 is 2.05 bits per heavy atom. The van der Waals surface area contributed by atoms with E-state index < -0.39 is 0 Å². The van der Waals surface area contributed by atoms with Gasteiger partial charge in [0.15, 0.2) is 11.5 Å². The SMILES string of the molecule is CCOc1ccc(/C=C\c2cc(OC)c(OC)c(OC)c2)c(NC(=O)CCN(C(C)CC)C(C)CC)c1. The van der Waals surface area contributed by atoms with Crippen LogP contribution in [0.4, 0.5) is 5.69 Å². The number of carbonyl (C=O) groups excluding carboxylic acids is 1. The third-order valence-electron chi connectivity index (χ3n) is 6.66. The molecule has 0 aliphatic rings. The number of benzene rings is 2. The molecule has 0 aromatic heterocycles. The third kappa shape index (κ3) is 8.42. The van der Waals surface area contributed by atoms with Gasteiger partial charge >= 0.3 is 0 Å². The van der Waals surface area contributed by atoms with Crippen molar-refractivity contribution in [3.63, 3.8) is 0 Å². The highest BCUT2D eigenvalue weighted by Gasteiger charge is 2.19. The van der Waals surface area contributed by atoms with Crippen LogP contribution in [0.2, 0.25) is 0 Å². The Kier molecular flexibility index (Phi) is 12.3. The van der Waals surface area contributed by atoms with Gasteiger partial charge in [0.25, 0.3) is 0 Å². The second-order valence-corrected chi connectivity index (χ2v) is 9.02. The smallest absolute Gasteiger partial charge is 0.225 e. The van der Waals surface area contributed by atoms with E-state index in [0.29, 0.717) is 53.8 Å². The van der Waals surface area contributed by atoms with E-state index in [1.54, 1.807) is 21.3 Å². The van der Waals surface area contributed by atoms with E-state index in [2.05, 4.69) is 37.9 Å². The lowest BCUT2D eigenvalue weighted by atomic mass is 10.1. The van der Waals surface area contributed by atoms with Crippen molar-refractivity contribution in [2.45, 2.75) is 66.0 Å². The molecule has 1 amide bonds. The van der Waals surface area contributed by atoms with E-state index in [1.165, 1.54) is 0 Å². The normalized spacial score (nSPS) is 12.9. The lowest BCUT2D eigenvalue weighted by Gasteiger charge is -2.33. The summed E-state index contributed by atoms with van der Waals surface area (Å²) in [6.07, 6.45) is 6.43. The molecule has 204 valence electrons. The van der Waals surface area contributed by atoms with E-state index in [1.807, 2.05) is 49.4 Å². The highest BCUT2D eigenvalue weighted by molar-refractivity contribution is 5.94. The number of nitrogens with one attached hydrogen (secondary N) is 1. The Morgan fingerprint density at radius 1 is 0.919 bits per heavy atom. The minimum Gasteiger partial charge on any atom is -0.494 e. The van der Waals surface area contributed by atoms with Crippen molar-refractivity contribution in [1.82, 2.24) is 4.90 Å². The molecule has 0 heterocycles. The molecule has 0 radical (unpaired) electrons. The van der Waals surface area contributed by atoms with Crippen LogP contribution in [0.3, 0.4) is 0 Å². The van der Waals surface area contributed by atoms with Gasteiger partial charge in [-0.05, 0) is 69.0 Å². The molecule has 7 nitrogen and oxygen atoms in total. The van der Waals surface area contributed by atoms with Crippen LogP contribution in [0.25, 0.3) is 12.2 Å². The van der Waals surface area contributed by atoms with Crippen molar-refractivity contribution in [1.29, 1.82) is 0 Å². The van der Waals surface area contributed by atoms with Crippen LogP contribution >= 0.6 is 0 Å². The molecular formula is C30H44N2O5. The molecule has 1 N–H and O–H groups in total. The zero-order valence-corrected chi connectivity index (χ0v) is 23.7. The minimum absolute atomic E-state index is 0.0207. The average Bonchev–Trinajstić information content (AvgIpc) is 2.91. The Balaban J connectivity index is 2.29. The number of nitrogens with zero attached hydrogens (tertiary/aromatic N) is 1. The molecule has 2 rings (SSSR count). The van der Waals surface area contributed by atoms with Crippen molar-refractivity contribution in [3.8, 4) is 23.0 Å². The molecule has 0 saturated carbocycles. The fourth-order valence-corrected chi connectivity index (χ4v) is 4.22. The second kappa shape index (κ2) is 15.2. The van der Waals surface area contributed by atoms with E-state index in [4.69, 9.17) is 18.9 Å². The molecule has 0 saturated heterocycles. The largest absolute Gasteiger partial charge is 0.494 e. The van der Waals surface area contributed by atoms with Crippen LogP contribution in [0.1, 0.15) is 65.0 Å². The summed E-state index contributed by atoms with van der Waals surface area (Å²) in [5.74, 6) is 2.39. The van der Waals surface area contributed by atoms with E-state index in [9.17, 15) is 4.79 Å². The molecule has 0 aliphatic carbocycles. The van der Waals surface area contributed by atoms with Crippen LogP contribution in [-0.2, 0) is 4.79 Å². The number of anilines is 1. The number of carbonyl (C=O) groups is 1. The Hall–Kier alpha value is -3.19. The molecule has 7 heteroatoms. The van der Waals surface area contributed by atoms with Gasteiger partial charge < -0.3 is 24.3 Å². The molecule has 0 spiro atoms. The zero-order chi connectivity index (χ0) is 27.4. The van der Waals surface area contributed by atoms with E-state index >= 15 is 0 Å². The van der Waals surface area contributed by atoms with Gasteiger partial charge in [-0.1, -0.05) is 26.0 Å². The quantitative estimate of drug-likeness (QED) is 0.274. The lowest BCUT2D eigenvalue weighted by molar-refractivity contribution is -0.116. The third-order valence-corrected chi connectivity index (χ3v) is 6.66. The predicted molar refractivity (Wildman–Crippen MR) is 152 cm³/mol. The van der Waals surface area contributed by atoms with Gasteiger partial charge in [-0.2, -0.15) is 0 Å². The first kappa shape index (κ1) is 30.0. The van der Waals surface area contributed by atoms with Gasteiger partial charge in [0.05, 0.1) is 33.6 Å². The van der Waals surface area contributed by atoms with Crippen molar-refractivity contribution in [2.24, 2.45) is 0 Å². The highest BCUT2D eigenvalue weighted by atomic mass is 16.5. The lowest BCUT2D eigenvalue weighted by Crippen LogP contribution is -2.41. The maximum absolute atomic E-state index is 13.0. The Bertz CT molecular complexity index is 1000. The Labute approximate surface area is 222 Å². The molecule has 0 fully saturated rings. The average molecular weight is 513 g/mol. The maximum Gasteiger partial charge on any atom is 0.225 e. The highest BCUT2D eigenvalue weighted by Crippen LogP contribution is 2.38. The molecule has 2 atom stereocenters. The topological polar surface area (TPSA) is 69.3 Å². The summed E-state index contributed by atoms with van der Waals surface area (Å²) in [6.45, 7) is 12.0. The van der Waals surface area contributed by atoms with Crippen LogP contribution < -0.4 is 24.3 Å². The number of ether oxygens (including phenoxy) is 4. The van der Waals surface area contributed by atoms with Crippen molar-refractivity contribution >= 4 is 23.7 Å². The fourth-order valence-electron chi connectivity index (χ4n) is 4.22. The molecule has 0 bridgehead atoms. The van der Waals surface area contributed by atoms with Gasteiger partial charge in [-0.3, -0.25) is 9.69 Å². The summed E-state index contributed by atoms with van der Waals surface area (Å²) in [5.41, 5.74) is 2.45. The number of hydrogen-bond donors (Lipinski definition) is 1. The van der Waals surface area contributed by atoms with E-state index in [0.717, 1.165) is 30.5 Å². The van der Waals surface area contributed by atoms with Crippen molar-refractivity contribution < 1.29 is 23.7 Å². The molecule has 2 unspecified atom stereocenters. The van der Waals surface area contributed by atoms with Gasteiger partial charge in [-0.15, -0.1) is 0 Å². The molecular weight excluding hydrogens is 468 g/mol. The van der Waals surface area contributed by atoms with Crippen LogP contribution in [0.5, 0.6) is 23.0 Å². The van der Waals surface area contributed by atoms with Gasteiger partial charge in [0.2, 0.25) is 11.7 Å². The second-order valence-electron chi connectivity index (χ2n) is 9.02. The summed E-state index contributed by atoms with van der Waals surface area (Å²) in [5, 5.41) is 3.11. The summed E-state index contributed by atoms with van der Waals surface area (Å²) in [6, 6.07) is 10.3. The van der Waals surface area contributed by atoms with Crippen LogP contribution in [0, 0.1) is 0 Å². The first-order valence-corrected chi connectivity index (χ1v) is 13.1. The fraction of sp³-hybridized carbons (Fsp3) is 0.500. The standard InChI is InChI=1S/C30H44N2O5/c1-9-21(4)32(22(5)10-2)17-16-29(33)31-26-20-25(37-11-3)15-14-24(26)13-12-23-18-27(34-6)30(36-8)28(19-23)35-7/h12-15,18-22H,9-11,16-17H2,1-8H3,(H,31,33)/b13-12-. The van der Waals surface area contributed by atoms with Gasteiger partial charge in [0, 0.05) is 31.1 Å². The van der Waals surface area contributed by atoms with Gasteiger partial charge in [0.1, 0.15) is 5.75 Å². The number of methoxy groups -OCH3 is 3. The van der Waals surface area contributed by atoms with Crippen LogP contribution in [0.15, 0.2) is 30.3 Å². The predicted octanol–water partition coefficient (Wildman–Crippen LogP) is 6.51. The molecule has 2 aromatic carbocycles. The van der Waals surface area contributed by atoms with Crippen LogP contribution in [-0.4, -0.2) is 57.4 Å². The van der Waals surface area contributed by atoms with Crippen molar-refractivity contribution in [3.05, 3.63) is 41.5 Å². The zero-order valence-electron chi connectivity index (χ0n) is 23.7. The maximum atomic E-state index is 13.0.